The van der Waals surface area contributed by atoms with Gasteiger partial charge in [-0.15, -0.1) is 0 Å². The molecule has 1 aliphatic heterocycles. The summed E-state index contributed by atoms with van der Waals surface area (Å²) in [6, 6.07) is 1.83. The lowest BCUT2D eigenvalue weighted by Gasteiger charge is -2.31. The molecule has 1 atom stereocenters. The molecule has 1 heterocycles. The zero-order valence-electron chi connectivity index (χ0n) is 8.82. The minimum atomic E-state index is -0.175. The molecule has 2 amide bonds. The summed E-state index contributed by atoms with van der Waals surface area (Å²) in [5.41, 5.74) is 0. The van der Waals surface area contributed by atoms with E-state index in [0.717, 1.165) is 12.8 Å². The fourth-order valence-corrected chi connectivity index (χ4v) is 1.80. The number of piperidine rings is 1. The number of amides is 2. The molecule has 0 aromatic heterocycles. The van der Waals surface area contributed by atoms with Crippen molar-refractivity contribution in [3.8, 4) is 6.07 Å². The maximum absolute atomic E-state index is 11.4. The first kappa shape index (κ1) is 11.5. The van der Waals surface area contributed by atoms with Gasteiger partial charge in [0.1, 0.15) is 6.42 Å². The number of rotatable bonds is 2. The Balaban J connectivity index is 2.53. The SMILES string of the molecule is CNC(=O)C1CCCN(C(=O)CC#N)C1. The largest absolute Gasteiger partial charge is 0.359 e. The summed E-state index contributed by atoms with van der Waals surface area (Å²) in [6.07, 6.45) is 1.55. The van der Waals surface area contributed by atoms with Crippen LogP contribution in [0.5, 0.6) is 0 Å². The Kier molecular flexibility index (Phi) is 4.10. The van der Waals surface area contributed by atoms with Gasteiger partial charge >= 0.3 is 0 Å². The molecule has 5 nitrogen and oxygen atoms in total. The van der Waals surface area contributed by atoms with E-state index in [0.29, 0.717) is 13.1 Å². The maximum Gasteiger partial charge on any atom is 0.236 e. The Labute approximate surface area is 89.0 Å². The van der Waals surface area contributed by atoms with Gasteiger partial charge in [0, 0.05) is 20.1 Å². The number of hydrogen-bond donors (Lipinski definition) is 1. The van der Waals surface area contributed by atoms with Crippen molar-refractivity contribution in [2.75, 3.05) is 20.1 Å². The third kappa shape index (κ3) is 2.94. The second-order valence-corrected chi connectivity index (χ2v) is 3.63. The van der Waals surface area contributed by atoms with Crippen LogP contribution >= 0.6 is 0 Å². The second-order valence-electron chi connectivity index (χ2n) is 3.63. The molecular formula is C10H15N3O2. The third-order valence-electron chi connectivity index (χ3n) is 2.62. The van der Waals surface area contributed by atoms with Crippen LogP contribution < -0.4 is 5.32 Å². The Morgan fingerprint density at radius 2 is 2.33 bits per heavy atom. The van der Waals surface area contributed by atoms with Crippen LogP contribution in [0.1, 0.15) is 19.3 Å². The van der Waals surface area contributed by atoms with Gasteiger partial charge in [0.2, 0.25) is 11.8 Å². The Morgan fingerprint density at radius 1 is 1.60 bits per heavy atom. The van der Waals surface area contributed by atoms with Gasteiger partial charge in [-0.1, -0.05) is 0 Å². The number of nitriles is 1. The average molecular weight is 209 g/mol. The molecule has 0 bridgehead atoms. The van der Waals surface area contributed by atoms with E-state index < -0.39 is 0 Å². The molecule has 0 saturated carbocycles. The molecule has 0 aromatic carbocycles. The predicted octanol–water partition coefficient (Wildman–Crippen LogP) is -0.115. The standard InChI is InChI=1S/C10H15N3O2/c1-12-10(15)8-3-2-6-13(7-8)9(14)4-5-11/h8H,2-4,6-7H2,1H3,(H,12,15). The van der Waals surface area contributed by atoms with Crippen LogP contribution in [-0.2, 0) is 9.59 Å². The zero-order chi connectivity index (χ0) is 11.3. The summed E-state index contributed by atoms with van der Waals surface area (Å²) in [4.78, 5) is 24.4. The summed E-state index contributed by atoms with van der Waals surface area (Å²) < 4.78 is 0. The minimum Gasteiger partial charge on any atom is -0.359 e. The number of nitrogens with zero attached hydrogens (tertiary/aromatic N) is 2. The highest BCUT2D eigenvalue weighted by molar-refractivity contribution is 5.81. The monoisotopic (exact) mass is 209 g/mol. The lowest BCUT2D eigenvalue weighted by atomic mass is 9.97. The van der Waals surface area contributed by atoms with Crippen molar-refractivity contribution in [3.63, 3.8) is 0 Å². The normalized spacial score (nSPS) is 20.5. The smallest absolute Gasteiger partial charge is 0.236 e. The lowest BCUT2D eigenvalue weighted by molar-refractivity contribution is -0.134. The summed E-state index contributed by atoms with van der Waals surface area (Å²) in [6.45, 7) is 1.11. The van der Waals surface area contributed by atoms with Crippen LogP contribution in [0.25, 0.3) is 0 Å². The molecule has 1 N–H and O–H groups in total. The van der Waals surface area contributed by atoms with E-state index in [1.807, 2.05) is 6.07 Å². The van der Waals surface area contributed by atoms with Gasteiger partial charge in [0.25, 0.3) is 0 Å². The van der Waals surface area contributed by atoms with E-state index in [-0.39, 0.29) is 24.2 Å². The maximum atomic E-state index is 11.4. The Hall–Kier alpha value is -1.57. The molecule has 0 radical (unpaired) electrons. The van der Waals surface area contributed by atoms with Crippen molar-refractivity contribution in [2.24, 2.45) is 5.92 Å². The first-order chi connectivity index (χ1) is 7.19. The van der Waals surface area contributed by atoms with Crippen molar-refractivity contribution in [1.29, 1.82) is 5.26 Å². The van der Waals surface area contributed by atoms with Crippen molar-refractivity contribution in [2.45, 2.75) is 19.3 Å². The summed E-state index contributed by atoms with van der Waals surface area (Å²) >= 11 is 0. The van der Waals surface area contributed by atoms with Crippen LogP contribution in [0.15, 0.2) is 0 Å². The third-order valence-corrected chi connectivity index (χ3v) is 2.62. The van der Waals surface area contributed by atoms with Crippen molar-refractivity contribution < 1.29 is 9.59 Å². The highest BCUT2D eigenvalue weighted by Gasteiger charge is 2.27. The summed E-state index contributed by atoms with van der Waals surface area (Å²) in [5.74, 6) is -0.318. The molecule has 5 heteroatoms. The number of nitrogens with one attached hydrogen (secondary N) is 1. The van der Waals surface area contributed by atoms with Gasteiger partial charge in [0.15, 0.2) is 0 Å². The highest BCUT2D eigenvalue weighted by atomic mass is 16.2. The van der Waals surface area contributed by atoms with Crippen LogP contribution in [0.2, 0.25) is 0 Å². The fourth-order valence-electron chi connectivity index (χ4n) is 1.80. The van der Waals surface area contributed by atoms with Crippen LogP contribution in [0, 0.1) is 17.2 Å². The van der Waals surface area contributed by atoms with Gasteiger partial charge in [-0.25, -0.2) is 0 Å². The predicted molar refractivity (Wildman–Crippen MR) is 53.6 cm³/mol. The number of carbonyl (C=O) groups is 2. The summed E-state index contributed by atoms with van der Waals surface area (Å²) in [5, 5.41) is 11.0. The van der Waals surface area contributed by atoms with Gasteiger partial charge in [-0.05, 0) is 12.8 Å². The first-order valence-electron chi connectivity index (χ1n) is 5.05. The van der Waals surface area contributed by atoms with Crippen LogP contribution in [0.3, 0.4) is 0 Å². The fraction of sp³-hybridized carbons (Fsp3) is 0.700. The minimum absolute atomic E-state index is 0.0237. The van der Waals surface area contributed by atoms with Crippen molar-refractivity contribution >= 4 is 11.8 Å². The van der Waals surface area contributed by atoms with E-state index in [1.54, 1.807) is 11.9 Å². The van der Waals surface area contributed by atoms with Crippen molar-refractivity contribution in [3.05, 3.63) is 0 Å². The Morgan fingerprint density at radius 3 is 2.93 bits per heavy atom. The molecule has 1 unspecified atom stereocenters. The number of carbonyl (C=O) groups excluding carboxylic acids is 2. The highest BCUT2D eigenvalue weighted by Crippen LogP contribution is 2.17. The molecule has 0 aliphatic carbocycles. The second kappa shape index (κ2) is 5.35. The number of hydrogen-bond acceptors (Lipinski definition) is 3. The summed E-state index contributed by atoms with van der Waals surface area (Å²) in [7, 11) is 1.60. The van der Waals surface area contributed by atoms with E-state index >= 15 is 0 Å². The first-order valence-corrected chi connectivity index (χ1v) is 5.05. The molecule has 1 fully saturated rings. The van der Waals surface area contributed by atoms with Gasteiger partial charge in [-0.3, -0.25) is 9.59 Å². The van der Waals surface area contributed by atoms with E-state index in [9.17, 15) is 9.59 Å². The molecule has 82 valence electrons. The van der Waals surface area contributed by atoms with Gasteiger partial charge in [-0.2, -0.15) is 5.26 Å². The number of likely N-dealkylation sites (tertiary alicyclic amines) is 1. The molecule has 0 spiro atoms. The van der Waals surface area contributed by atoms with Crippen molar-refractivity contribution in [1.82, 2.24) is 10.2 Å². The molecule has 1 saturated heterocycles. The van der Waals surface area contributed by atoms with Gasteiger partial charge in [0.05, 0.1) is 12.0 Å². The van der Waals surface area contributed by atoms with Crippen LogP contribution in [-0.4, -0.2) is 36.9 Å². The lowest BCUT2D eigenvalue weighted by Crippen LogP contribution is -2.44. The zero-order valence-corrected chi connectivity index (χ0v) is 8.82. The average Bonchev–Trinajstić information content (AvgIpc) is 2.28. The molecular weight excluding hydrogens is 194 g/mol. The topological polar surface area (TPSA) is 73.2 Å². The van der Waals surface area contributed by atoms with E-state index in [2.05, 4.69) is 5.32 Å². The van der Waals surface area contributed by atoms with E-state index in [4.69, 9.17) is 5.26 Å². The molecule has 0 aromatic rings. The van der Waals surface area contributed by atoms with Gasteiger partial charge < -0.3 is 10.2 Å². The molecule has 1 rings (SSSR count). The quantitative estimate of drug-likeness (QED) is 0.689. The molecule has 15 heavy (non-hydrogen) atoms. The Bertz CT molecular complexity index is 296. The van der Waals surface area contributed by atoms with Crippen LogP contribution in [0.4, 0.5) is 0 Å². The molecule has 1 aliphatic rings. The van der Waals surface area contributed by atoms with E-state index in [1.165, 1.54) is 0 Å².